The van der Waals surface area contributed by atoms with Crippen LogP contribution in [0.4, 0.5) is 4.39 Å². The molecule has 7 heteroatoms. The topological polar surface area (TPSA) is 68.7 Å². The van der Waals surface area contributed by atoms with Crippen LogP contribution in [0.2, 0.25) is 0 Å². The Labute approximate surface area is 161 Å². The van der Waals surface area contributed by atoms with Gasteiger partial charge in [-0.1, -0.05) is 6.07 Å². The Bertz CT molecular complexity index is 1170. The number of imidazole rings is 1. The van der Waals surface area contributed by atoms with E-state index < -0.39 is 0 Å². The maximum absolute atomic E-state index is 13.6. The first kappa shape index (κ1) is 17.9. The van der Waals surface area contributed by atoms with Gasteiger partial charge >= 0.3 is 0 Å². The van der Waals surface area contributed by atoms with E-state index in [0.29, 0.717) is 30.8 Å². The standard InChI is InChI=1S/C21H18FN5O/c1-28-10-9-26-20-6-5-15(14-23)11-19(20)25-21(26)13-18-7-8-24-27(18)17-4-2-3-16(22)12-17/h2-8,11-12H,9-10,13H2,1H3. The zero-order valence-corrected chi connectivity index (χ0v) is 15.3. The second kappa shape index (κ2) is 7.62. The molecule has 0 amide bonds. The molecule has 4 aromatic rings. The number of hydrogen-bond acceptors (Lipinski definition) is 4. The van der Waals surface area contributed by atoms with Crippen LogP contribution >= 0.6 is 0 Å². The van der Waals surface area contributed by atoms with Gasteiger partial charge in [0.05, 0.1) is 40.7 Å². The fourth-order valence-electron chi connectivity index (χ4n) is 3.28. The fourth-order valence-corrected chi connectivity index (χ4v) is 3.28. The van der Waals surface area contributed by atoms with Gasteiger partial charge in [-0.15, -0.1) is 0 Å². The van der Waals surface area contributed by atoms with E-state index in [4.69, 9.17) is 15.0 Å². The number of fused-ring (bicyclic) bond motifs is 1. The quantitative estimate of drug-likeness (QED) is 0.517. The molecule has 0 atom stereocenters. The van der Waals surface area contributed by atoms with Crippen molar-refractivity contribution in [1.29, 1.82) is 5.26 Å². The molecular weight excluding hydrogens is 357 g/mol. The van der Waals surface area contributed by atoms with Gasteiger partial charge in [0.2, 0.25) is 0 Å². The summed E-state index contributed by atoms with van der Waals surface area (Å²) in [5.74, 6) is 0.524. The van der Waals surface area contributed by atoms with E-state index >= 15 is 0 Å². The van der Waals surface area contributed by atoms with Gasteiger partial charge in [0.25, 0.3) is 0 Å². The van der Waals surface area contributed by atoms with Crippen LogP contribution in [-0.4, -0.2) is 33.0 Å². The lowest BCUT2D eigenvalue weighted by Gasteiger charge is -2.10. The Hall–Kier alpha value is -3.50. The van der Waals surface area contributed by atoms with Gasteiger partial charge in [-0.2, -0.15) is 10.4 Å². The second-order valence-corrected chi connectivity index (χ2v) is 6.38. The summed E-state index contributed by atoms with van der Waals surface area (Å²) >= 11 is 0. The molecule has 2 aromatic carbocycles. The molecule has 0 aliphatic heterocycles. The third-order valence-corrected chi connectivity index (χ3v) is 4.59. The number of nitriles is 1. The molecule has 6 nitrogen and oxygen atoms in total. The number of nitrogens with zero attached hydrogens (tertiary/aromatic N) is 5. The summed E-state index contributed by atoms with van der Waals surface area (Å²) < 4.78 is 22.7. The van der Waals surface area contributed by atoms with Gasteiger partial charge in [0.15, 0.2) is 0 Å². The molecule has 0 saturated carbocycles. The molecule has 0 radical (unpaired) electrons. The number of methoxy groups -OCH3 is 1. The predicted molar refractivity (Wildman–Crippen MR) is 103 cm³/mol. The van der Waals surface area contributed by atoms with Crippen LogP contribution in [0.5, 0.6) is 0 Å². The van der Waals surface area contributed by atoms with E-state index in [9.17, 15) is 4.39 Å². The van der Waals surface area contributed by atoms with Gasteiger partial charge in [-0.05, 0) is 42.5 Å². The van der Waals surface area contributed by atoms with Crippen LogP contribution < -0.4 is 0 Å². The lowest BCUT2D eigenvalue weighted by molar-refractivity contribution is 0.187. The van der Waals surface area contributed by atoms with Crippen molar-refractivity contribution >= 4 is 11.0 Å². The molecule has 0 N–H and O–H groups in total. The van der Waals surface area contributed by atoms with Crippen LogP contribution in [0.25, 0.3) is 16.7 Å². The average Bonchev–Trinajstić information content (AvgIpc) is 3.30. The Morgan fingerprint density at radius 3 is 2.86 bits per heavy atom. The van der Waals surface area contributed by atoms with E-state index in [-0.39, 0.29) is 5.82 Å². The first-order chi connectivity index (χ1) is 13.7. The van der Waals surface area contributed by atoms with Crippen molar-refractivity contribution < 1.29 is 9.13 Å². The molecule has 0 spiro atoms. The molecule has 28 heavy (non-hydrogen) atoms. The smallest absolute Gasteiger partial charge is 0.125 e. The number of rotatable bonds is 6. The summed E-state index contributed by atoms with van der Waals surface area (Å²) in [6, 6.07) is 15.8. The van der Waals surface area contributed by atoms with Crippen molar-refractivity contribution in [2.24, 2.45) is 0 Å². The van der Waals surface area contributed by atoms with E-state index in [0.717, 1.165) is 22.6 Å². The van der Waals surface area contributed by atoms with Crippen molar-refractivity contribution in [3.63, 3.8) is 0 Å². The third kappa shape index (κ3) is 3.38. The number of aromatic nitrogens is 4. The number of benzene rings is 2. The first-order valence-corrected chi connectivity index (χ1v) is 8.86. The highest BCUT2D eigenvalue weighted by Gasteiger charge is 2.15. The maximum Gasteiger partial charge on any atom is 0.125 e. The monoisotopic (exact) mass is 375 g/mol. The fraction of sp³-hybridized carbons (Fsp3) is 0.190. The van der Waals surface area contributed by atoms with E-state index in [2.05, 4.69) is 15.7 Å². The Kier molecular flexibility index (Phi) is 4.87. The number of halogens is 1. The molecule has 0 bridgehead atoms. The Morgan fingerprint density at radius 1 is 1.18 bits per heavy atom. The van der Waals surface area contributed by atoms with Crippen LogP contribution in [0.1, 0.15) is 17.1 Å². The summed E-state index contributed by atoms with van der Waals surface area (Å²) in [5.41, 5.74) is 3.83. The number of ether oxygens (including phenoxy) is 1. The largest absolute Gasteiger partial charge is 0.383 e. The highest BCUT2D eigenvalue weighted by atomic mass is 19.1. The molecule has 2 aromatic heterocycles. The molecule has 140 valence electrons. The highest BCUT2D eigenvalue weighted by molar-refractivity contribution is 5.77. The van der Waals surface area contributed by atoms with Crippen molar-refractivity contribution in [2.75, 3.05) is 13.7 Å². The zero-order valence-electron chi connectivity index (χ0n) is 15.3. The van der Waals surface area contributed by atoms with Crippen LogP contribution in [0.15, 0.2) is 54.7 Å². The summed E-state index contributed by atoms with van der Waals surface area (Å²) in [4.78, 5) is 4.74. The van der Waals surface area contributed by atoms with Gasteiger partial charge in [-0.25, -0.2) is 14.1 Å². The predicted octanol–water partition coefficient (Wildman–Crippen LogP) is 3.47. The van der Waals surface area contributed by atoms with Crippen molar-refractivity contribution in [2.45, 2.75) is 13.0 Å². The minimum absolute atomic E-state index is 0.310. The van der Waals surface area contributed by atoms with Gasteiger partial charge in [-0.3, -0.25) is 0 Å². The molecule has 0 aliphatic rings. The van der Waals surface area contributed by atoms with Crippen LogP contribution in [0.3, 0.4) is 0 Å². The number of hydrogen-bond donors (Lipinski definition) is 0. The maximum atomic E-state index is 13.6. The van der Waals surface area contributed by atoms with Gasteiger partial charge < -0.3 is 9.30 Å². The van der Waals surface area contributed by atoms with Crippen molar-refractivity contribution in [1.82, 2.24) is 19.3 Å². The average molecular weight is 375 g/mol. The van der Waals surface area contributed by atoms with Crippen molar-refractivity contribution in [3.8, 4) is 11.8 Å². The Balaban J connectivity index is 1.76. The second-order valence-electron chi connectivity index (χ2n) is 6.38. The molecule has 0 saturated heterocycles. The Morgan fingerprint density at radius 2 is 2.07 bits per heavy atom. The third-order valence-electron chi connectivity index (χ3n) is 4.59. The highest BCUT2D eigenvalue weighted by Crippen LogP contribution is 2.21. The van der Waals surface area contributed by atoms with Crippen molar-refractivity contribution in [3.05, 3.63) is 77.6 Å². The zero-order chi connectivity index (χ0) is 19.5. The van der Waals surface area contributed by atoms with E-state index in [1.807, 2.05) is 18.2 Å². The molecule has 0 unspecified atom stereocenters. The lowest BCUT2D eigenvalue weighted by Crippen LogP contribution is -2.11. The minimum Gasteiger partial charge on any atom is -0.383 e. The van der Waals surface area contributed by atoms with Crippen LogP contribution in [0, 0.1) is 17.1 Å². The molecular formula is C21H18FN5O. The summed E-state index contributed by atoms with van der Waals surface area (Å²) in [6.07, 6.45) is 2.20. The van der Waals surface area contributed by atoms with Gasteiger partial charge in [0.1, 0.15) is 11.6 Å². The first-order valence-electron chi connectivity index (χ1n) is 8.86. The molecule has 0 fully saturated rings. The lowest BCUT2D eigenvalue weighted by atomic mass is 10.2. The SMILES string of the molecule is COCCn1c(Cc2ccnn2-c2cccc(F)c2)nc2cc(C#N)ccc21. The summed E-state index contributed by atoms with van der Waals surface area (Å²) in [7, 11) is 1.66. The summed E-state index contributed by atoms with van der Waals surface area (Å²) in [5, 5.41) is 13.5. The minimum atomic E-state index is -0.310. The van der Waals surface area contributed by atoms with Gasteiger partial charge in [0, 0.05) is 26.3 Å². The van der Waals surface area contributed by atoms with E-state index in [1.165, 1.54) is 12.1 Å². The molecule has 0 aliphatic carbocycles. The summed E-state index contributed by atoms with van der Waals surface area (Å²) in [6.45, 7) is 1.18. The molecule has 2 heterocycles. The normalized spacial score (nSPS) is 11.0. The molecule has 4 rings (SSSR count). The van der Waals surface area contributed by atoms with E-state index in [1.54, 1.807) is 36.2 Å². The van der Waals surface area contributed by atoms with Crippen LogP contribution in [-0.2, 0) is 17.7 Å².